The van der Waals surface area contributed by atoms with Gasteiger partial charge in [0, 0.05) is 24.0 Å². The van der Waals surface area contributed by atoms with Crippen LogP contribution in [-0.2, 0) is 9.47 Å². The summed E-state index contributed by atoms with van der Waals surface area (Å²) >= 11 is 0. The Morgan fingerprint density at radius 1 is 1.24 bits per heavy atom. The Hall–Kier alpha value is -3.16. The third-order valence-electron chi connectivity index (χ3n) is 2.74. The van der Waals surface area contributed by atoms with Crippen LogP contribution in [0.25, 0.3) is 0 Å². The van der Waals surface area contributed by atoms with E-state index >= 15 is 0 Å². The van der Waals surface area contributed by atoms with Crippen LogP contribution in [0.5, 0.6) is 11.6 Å². The van der Waals surface area contributed by atoms with E-state index in [1.807, 2.05) is 0 Å². The minimum atomic E-state index is -0.582. The van der Waals surface area contributed by atoms with Crippen LogP contribution in [-0.4, -0.2) is 34.7 Å². The quantitative estimate of drug-likeness (QED) is 0.648. The van der Waals surface area contributed by atoms with Crippen molar-refractivity contribution in [2.45, 2.75) is 26.4 Å². The standard InChI is InChI=1S/C17H20N4O4/c1-17(2,3)25-16(22)20-11-6-5-7-12(10-11)24-13-8-9-19-15(21-13)14(18)23-4/h5-10,18H,1-4H3,(H,20,22). The molecule has 0 aliphatic carbocycles. The molecule has 1 heterocycles. The first-order chi connectivity index (χ1) is 11.8. The maximum absolute atomic E-state index is 11.8. The highest BCUT2D eigenvalue weighted by atomic mass is 16.6. The summed E-state index contributed by atoms with van der Waals surface area (Å²) in [5.74, 6) is 0.664. The molecule has 0 fully saturated rings. The van der Waals surface area contributed by atoms with Crippen molar-refractivity contribution < 1.29 is 19.0 Å². The van der Waals surface area contributed by atoms with Crippen molar-refractivity contribution in [3.8, 4) is 11.6 Å². The Kier molecular flexibility index (Phi) is 5.53. The second-order valence-corrected chi connectivity index (χ2v) is 6.01. The topological polar surface area (TPSA) is 106 Å². The van der Waals surface area contributed by atoms with Gasteiger partial charge in [-0.25, -0.2) is 9.78 Å². The number of carbonyl (C=O) groups excluding carboxylic acids is 1. The van der Waals surface area contributed by atoms with Crippen LogP contribution in [0.1, 0.15) is 26.6 Å². The van der Waals surface area contributed by atoms with E-state index in [9.17, 15) is 4.79 Å². The maximum atomic E-state index is 11.8. The number of amides is 1. The number of ether oxygens (including phenoxy) is 3. The van der Waals surface area contributed by atoms with Gasteiger partial charge in [-0.05, 0) is 32.9 Å². The van der Waals surface area contributed by atoms with Crippen molar-refractivity contribution in [2.75, 3.05) is 12.4 Å². The molecule has 0 saturated heterocycles. The van der Waals surface area contributed by atoms with Crippen molar-refractivity contribution in [3.05, 3.63) is 42.4 Å². The number of aromatic nitrogens is 2. The van der Waals surface area contributed by atoms with Crippen LogP contribution >= 0.6 is 0 Å². The van der Waals surface area contributed by atoms with Gasteiger partial charge in [0.05, 0.1) is 7.11 Å². The number of anilines is 1. The molecule has 0 saturated carbocycles. The molecule has 0 unspecified atom stereocenters. The predicted octanol–water partition coefficient (Wildman–Crippen LogP) is 3.59. The van der Waals surface area contributed by atoms with Crippen molar-refractivity contribution >= 4 is 17.7 Å². The van der Waals surface area contributed by atoms with E-state index in [0.29, 0.717) is 11.4 Å². The average Bonchev–Trinajstić information content (AvgIpc) is 2.52. The number of nitrogens with zero attached hydrogens (tertiary/aromatic N) is 2. The minimum absolute atomic E-state index is 0.114. The molecule has 1 aromatic heterocycles. The lowest BCUT2D eigenvalue weighted by Crippen LogP contribution is -2.27. The third-order valence-corrected chi connectivity index (χ3v) is 2.74. The molecular weight excluding hydrogens is 324 g/mol. The Labute approximate surface area is 145 Å². The van der Waals surface area contributed by atoms with Gasteiger partial charge < -0.3 is 14.2 Å². The van der Waals surface area contributed by atoms with Crippen molar-refractivity contribution in [1.29, 1.82) is 5.41 Å². The summed E-state index contributed by atoms with van der Waals surface area (Å²) in [6.45, 7) is 5.36. The SMILES string of the molecule is COC(=N)c1nccc(Oc2cccc(NC(=O)OC(C)(C)C)c2)n1. The highest BCUT2D eigenvalue weighted by Crippen LogP contribution is 2.23. The largest absolute Gasteiger partial charge is 0.479 e. The van der Waals surface area contributed by atoms with E-state index in [2.05, 4.69) is 15.3 Å². The highest BCUT2D eigenvalue weighted by molar-refractivity contribution is 5.87. The molecule has 0 bridgehead atoms. The first kappa shape index (κ1) is 18.2. The summed E-state index contributed by atoms with van der Waals surface area (Å²) in [6.07, 6.45) is 0.913. The lowest BCUT2D eigenvalue weighted by Gasteiger charge is -2.19. The molecule has 2 N–H and O–H groups in total. The first-order valence-electron chi connectivity index (χ1n) is 7.51. The fourth-order valence-electron chi connectivity index (χ4n) is 1.78. The van der Waals surface area contributed by atoms with Gasteiger partial charge in [-0.3, -0.25) is 10.7 Å². The zero-order chi connectivity index (χ0) is 18.4. The van der Waals surface area contributed by atoms with Crippen LogP contribution in [0.2, 0.25) is 0 Å². The molecule has 2 rings (SSSR count). The molecule has 132 valence electrons. The predicted molar refractivity (Wildman–Crippen MR) is 92.2 cm³/mol. The fraction of sp³-hybridized carbons (Fsp3) is 0.294. The van der Waals surface area contributed by atoms with Gasteiger partial charge in [0.1, 0.15) is 11.4 Å². The van der Waals surface area contributed by atoms with Crippen molar-refractivity contribution in [3.63, 3.8) is 0 Å². The van der Waals surface area contributed by atoms with E-state index < -0.39 is 11.7 Å². The molecule has 0 spiro atoms. The molecular formula is C17H20N4O4. The molecule has 8 heteroatoms. The highest BCUT2D eigenvalue weighted by Gasteiger charge is 2.16. The Balaban J connectivity index is 2.09. The minimum Gasteiger partial charge on any atom is -0.479 e. The monoisotopic (exact) mass is 344 g/mol. The summed E-state index contributed by atoms with van der Waals surface area (Å²) < 4.78 is 15.6. The van der Waals surface area contributed by atoms with Gasteiger partial charge in [-0.1, -0.05) is 6.07 Å². The van der Waals surface area contributed by atoms with E-state index in [1.165, 1.54) is 13.3 Å². The van der Waals surface area contributed by atoms with Gasteiger partial charge in [0.15, 0.2) is 0 Å². The van der Waals surface area contributed by atoms with Gasteiger partial charge in [-0.15, -0.1) is 0 Å². The molecule has 1 amide bonds. The Morgan fingerprint density at radius 3 is 2.68 bits per heavy atom. The van der Waals surface area contributed by atoms with Crippen LogP contribution in [0.15, 0.2) is 36.5 Å². The van der Waals surface area contributed by atoms with Crippen LogP contribution in [0, 0.1) is 5.41 Å². The van der Waals surface area contributed by atoms with Crippen LogP contribution in [0.3, 0.4) is 0 Å². The number of hydrogen-bond donors (Lipinski definition) is 2. The van der Waals surface area contributed by atoms with E-state index in [4.69, 9.17) is 19.6 Å². The van der Waals surface area contributed by atoms with Crippen molar-refractivity contribution in [1.82, 2.24) is 9.97 Å². The number of methoxy groups -OCH3 is 1. The number of hydrogen-bond acceptors (Lipinski definition) is 7. The Morgan fingerprint density at radius 2 is 2.00 bits per heavy atom. The number of nitrogens with one attached hydrogen (secondary N) is 2. The zero-order valence-corrected chi connectivity index (χ0v) is 14.5. The number of benzene rings is 1. The summed E-state index contributed by atoms with van der Waals surface area (Å²) in [4.78, 5) is 19.8. The van der Waals surface area contributed by atoms with E-state index in [-0.39, 0.29) is 17.6 Å². The third kappa shape index (κ3) is 5.76. The number of rotatable bonds is 4. The van der Waals surface area contributed by atoms with E-state index in [1.54, 1.807) is 51.1 Å². The molecule has 0 aliphatic rings. The van der Waals surface area contributed by atoms with Crippen LogP contribution in [0.4, 0.5) is 10.5 Å². The van der Waals surface area contributed by atoms with Gasteiger partial charge in [0.2, 0.25) is 11.7 Å². The smallest absolute Gasteiger partial charge is 0.412 e. The maximum Gasteiger partial charge on any atom is 0.412 e. The molecule has 0 aliphatic heterocycles. The summed E-state index contributed by atoms with van der Waals surface area (Å²) in [6, 6.07) is 8.33. The summed E-state index contributed by atoms with van der Waals surface area (Å²) in [5, 5.41) is 10.2. The second-order valence-electron chi connectivity index (χ2n) is 6.01. The second kappa shape index (κ2) is 7.61. The fourth-order valence-corrected chi connectivity index (χ4v) is 1.78. The molecule has 8 nitrogen and oxygen atoms in total. The van der Waals surface area contributed by atoms with Crippen molar-refractivity contribution in [2.24, 2.45) is 0 Å². The summed E-state index contributed by atoms with van der Waals surface area (Å²) in [5.41, 5.74) is -0.0628. The normalized spacial score (nSPS) is 10.7. The number of carbonyl (C=O) groups is 1. The summed E-state index contributed by atoms with van der Waals surface area (Å²) in [7, 11) is 1.37. The lowest BCUT2D eigenvalue weighted by molar-refractivity contribution is 0.0636. The molecule has 25 heavy (non-hydrogen) atoms. The molecule has 1 aromatic carbocycles. The average molecular weight is 344 g/mol. The van der Waals surface area contributed by atoms with E-state index in [0.717, 1.165) is 0 Å². The Bertz CT molecular complexity index is 771. The van der Waals surface area contributed by atoms with Gasteiger partial charge >= 0.3 is 6.09 Å². The first-order valence-corrected chi connectivity index (χ1v) is 7.51. The molecule has 2 aromatic rings. The van der Waals surface area contributed by atoms with Crippen LogP contribution < -0.4 is 10.1 Å². The van der Waals surface area contributed by atoms with Gasteiger partial charge in [0.25, 0.3) is 5.90 Å². The molecule has 0 radical (unpaired) electrons. The zero-order valence-electron chi connectivity index (χ0n) is 14.5. The lowest BCUT2D eigenvalue weighted by atomic mass is 10.2. The molecule has 0 atom stereocenters. The van der Waals surface area contributed by atoms with Gasteiger partial charge in [-0.2, -0.15) is 4.98 Å².